The van der Waals surface area contributed by atoms with Crippen molar-refractivity contribution >= 4 is 12.1 Å². The number of amides is 1. The lowest BCUT2D eigenvalue weighted by atomic mass is 10.1. The molecule has 1 amide bonds. The summed E-state index contributed by atoms with van der Waals surface area (Å²) in [6.07, 6.45) is 2.43. The average Bonchev–Trinajstić information content (AvgIpc) is 2.97. The van der Waals surface area contributed by atoms with Crippen LogP contribution in [0, 0.1) is 13.8 Å². The normalized spacial score (nSPS) is 10.8. The van der Waals surface area contributed by atoms with Crippen LogP contribution in [0.5, 0.6) is 17.2 Å². The number of aromatic nitrogens is 2. The number of benzene rings is 1. The third-order valence-electron chi connectivity index (χ3n) is 4.01. The molecule has 0 fully saturated rings. The summed E-state index contributed by atoms with van der Waals surface area (Å²) in [6, 6.07) is 3.52. The number of nitrogens with one attached hydrogen (secondary N) is 2. The lowest BCUT2D eigenvalue weighted by Gasteiger charge is -2.13. The topological polar surface area (TPSA) is 97.8 Å². The second-order valence-electron chi connectivity index (χ2n) is 5.63. The zero-order chi connectivity index (χ0) is 19.1. The van der Waals surface area contributed by atoms with Crippen LogP contribution in [0.15, 0.2) is 17.2 Å². The first-order valence-electron chi connectivity index (χ1n) is 8.13. The van der Waals surface area contributed by atoms with Crippen molar-refractivity contribution in [2.45, 2.75) is 26.7 Å². The first-order valence-corrected chi connectivity index (χ1v) is 8.13. The van der Waals surface area contributed by atoms with Crippen LogP contribution >= 0.6 is 0 Å². The molecular weight excluding hydrogens is 336 g/mol. The first-order chi connectivity index (χ1) is 12.5. The molecule has 8 heteroatoms. The Morgan fingerprint density at radius 1 is 1.19 bits per heavy atom. The number of nitrogens with zero attached hydrogens (tertiary/aromatic N) is 2. The molecule has 0 bridgehead atoms. The molecular formula is C18H24N4O4. The van der Waals surface area contributed by atoms with E-state index in [1.807, 2.05) is 13.8 Å². The third-order valence-corrected chi connectivity index (χ3v) is 4.01. The van der Waals surface area contributed by atoms with Gasteiger partial charge in [0.1, 0.15) is 0 Å². The van der Waals surface area contributed by atoms with Gasteiger partial charge in [0.05, 0.1) is 33.2 Å². The highest BCUT2D eigenvalue weighted by Gasteiger charge is 2.14. The van der Waals surface area contributed by atoms with E-state index in [1.165, 1.54) is 20.4 Å². The summed E-state index contributed by atoms with van der Waals surface area (Å²) in [4.78, 5) is 12.0. The Labute approximate surface area is 152 Å². The zero-order valence-electron chi connectivity index (χ0n) is 15.7. The minimum Gasteiger partial charge on any atom is -0.493 e. The summed E-state index contributed by atoms with van der Waals surface area (Å²) >= 11 is 0. The molecule has 8 nitrogen and oxygen atoms in total. The molecule has 140 valence electrons. The van der Waals surface area contributed by atoms with Gasteiger partial charge in [-0.3, -0.25) is 9.89 Å². The van der Waals surface area contributed by atoms with Gasteiger partial charge >= 0.3 is 0 Å². The molecule has 0 atom stereocenters. The van der Waals surface area contributed by atoms with Crippen LogP contribution < -0.4 is 19.6 Å². The first kappa shape index (κ1) is 19.3. The molecule has 2 aromatic rings. The summed E-state index contributed by atoms with van der Waals surface area (Å²) < 4.78 is 15.9. The number of rotatable bonds is 8. The van der Waals surface area contributed by atoms with Crippen LogP contribution in [0.25, 0.3) is 0 Å². The molecule has 2 N–H and O–H groups in total. The van der Waals surface area contributed by atoms with Crippen LogP contribution in [0.4, 0.5) is 0 Å². The molecule has 0 aliphatic carbocycles. The number of hydrazone groups is 1. The highest BCUT2D eigenvalue weighted by molar-refractivity contribution is 5.87. The van der Waals surface area contributed by atoms with Crippen molar-refractivity contribution in [3.63, 3.8) is 0 Å². The fourth-order valence-corrected chi connectivity index (χ4v) is 2.64. The molecule has 0 unspecified atom stereocenters. The van der Waals surface area contributed by atoms with Gasteiger partial charge in [-0.2, -0.15) is 10.2 Å². The number of carbonyl (C=O) groups excluding carboxylic acids is 1. The fourth-order valence-electron chi connectivity index (χ4n) is 2.64. The second-order valence-corrected chi connectivity index (χ2v) is 5.63. The Kier molecular flexibility index (Phi) is 6.60. The van der Waals surface area contributed by atoms with E-state index in [1.54, 1.807) is 19.2 Å². The van der Waals surface area contributed by atoms with E-state index in [9.17, 15) is 4.79 Å². The molecule has 2 rings (SSSR count). The molecule has 0 saturated carbocycles. The summed E-state index contributed by atoms with van der Waals surface area (Å²) in [7, 11) is 4.61. The van der Waals surface area contributed by atoms with Gasteiger partial charge in [0, 0.05) is 17.7 Å². The standard InChI is InChI=1S/C18H24N4O4/c1-11-14(12(2)21-20-11)7-9-16(23)22-19-10-13-6-8-15(24-3)18(26-5)17(13)25-4/h6,8,10H,7,9H2,1-5H3,(H,20,21)(H,22,23)/b19-10-. The lowest BCUT2D eigenvalue weighted by Crippen LogP contribution is -2.18. The van der Waals surface area contributed by atoms with Crippen molar-refractivity contribution in [1.29, 1.82) is 0 Å². The second kappa shape index (κ2) is 8.89. The van der Waals surface area contributed by atoms with Crippen LogP contribution in [-0.4, -0.2) is 43.6 Å². The molecule has 0 radical (unpaired) electrons. The molecule has 0 spiro atoms. The van der Waals surface area contributed by atoms with Crippen molar-refractivity contribution in [3.8, 4) is 17.2 Å². The molecule has 0 aliphatic rings. The Morgan fingerprint density at radius 2 is 1.92 bits per heavy atom. The SMILES string of the molecule is COc1ccc(/C=N\NC(=O)CCc2c(C)n[nH]c2C)c(OC)c1OC. The molecule has 0 saturated heterocycles. The highest BCUT2D eigenvalue weighted by atomic mass is 16.5. The van der Waals surface area contributed by atoms with E-state index in [0.29, 0.717) is 35.7 Å². The Morgan fingerprint density at radius 3 is 2.50 bits per heavy atom. The fraction of sp³-hybridized carbons (Fsp3) is 0.389. The van der Waals surface area contributed by atoms with E-state index in [-0.39, 0.29) is 5.91 Å². The van der Waals surface area contributed by atoms with E-state index in [4.69, 9.17) is 14.2 Å². The van der Waals surface area contributed by atoms with Crippen LogP contribution in [0.1, 0.15) is 28.9 Å². The maximum Gasteiger partial charge on any atom is 0.240 e. The van der Waals surface area contributed by atoms with Gasteiger partial charge in [0.2, 0.25) is 11.7 Å². The largest absolute Gasteiger partial charge is 0.493 e. The van der Waals surface area contributed by atoms with E-state index >= 15 is 0 Å². The number of methoxy groups -OCH3 is 3. The monoisotopic (exact) mass is 360 g/mol. The van der Waals surface area contributed by atoms with Gasteiger partial charge < -0.3 is 14.2 Å². The predicted molar refractivity (Wildman–Crippen MR) is 98.2 cm³/mol. The molecule has 0 aliphatic heterocycles. The molecule has 1 aromatic carbocycles. The maximum absolute atomic E-state index is 12.0. The van der Waals surface area contributed by atoms with Gasteiger partial charge in [-0.1, -0.05) is 0 Å². The number of carbonyl (C=O) groups is 1. The molecule has 26 heavy (non-hydrogen) atoms. The minimum atomic E-state index is -0.180. The van der Waals surface area contributed by atoms with Crippen molar-refractivity contribution in [2.24, 2.45) is 5.10 Å². The predicted octanol–water partition coefficient (Wildman–Crippen LogP) is 2.14. The average molecular weight is 360 g/mol. The number of aromatic amines is 1. The van der Waals surface area contributed by atoms with E-state index < -0.39 is 0 Å². The number of ether oxygens (including phenoxy) is 3. The summed E-state index contributed by atoms with van der Waals surface area (Å²) in [6.45, 7) is 3.85. The summed E-state index contributed by atoms with van der Waals surface area (Å²) in [5, 5.41) is 11.0. The van der Waals surface area contributed by atoms with Gasteiger partial charge in [-0.25, -0.2) is 5.43 Å². The van der Waals surface area contributed by atoms with E-state index in [0.717, 1.165) is 17.0 Å². The number of aryl methyl sites for hydroxylation is 2. The van der Waals surface area contributed by atoms with Crippen molar-refractivity contribution in [3.05, 3.63) is 34.6 Å². The smallest absolute Gasteiger partial charge is 0.240 e. The number of hydrogen-bond acceptors (Lipinski definition) is 6. The zero-order valence-corrected chi connectivity index (χ0v) is 15.7. The van der Waals surface area contributed by atoms with Crippen LogP contribution in [0.3, 0.4) is 0 Å². The van der Waals surface area contributed by atoms with Gasteiger partial charge in [-0.05, 0) is 38.0 Å². The van der Waals surface area contributed by atoms with Gasteiger partial charge in [0.25, 0.3) is 0 Å². The Balaban J connectivity index is 2.00. The van der Waals surface area contributed by atoms with Crippen molar-refractivity contribution in [1.82, 2.24) is 15.6 Å². The lowest BCUT2D eigenvalue weighted by molar-refractivity contribution is -0.121. The molecule has 1 heterocycles. The maximum atomic E-state index is 12.0. The summed E-state index contributed by atoms with van der Waals surface area (Å²) in [5.41, 5.74) is 6.13. The number of H-pyrrole nitrogens is 1. The van der Waals surface area contributed by atoms with Crippen LogP contribution in [0.2, 0.25) is 0 Å². The van der Waals surface area contributed by atoms with Crippen molar-refractivity contribution < 1.29 is 19.0 Å². The van der Waals surface area contributed by atoms with Crippen molar-refractivity contribution in [2.75, 3.05) is 21.3 Å². The summed E-state index contributed by atoms with van der Waals surface area (Å²) in [5.74, 6) is 1.32. The quantitative estimate of drug-likeness (QED) is 0.555. The number of hydrogen-bond donors (Lipinski definition) is 2. The minimum absolute atomic E-state index is 0.180. The third kappa shape index (κ3) is 4.33. The Bertz CT molecular complexity index is 779. The van der Waals surface area contributed by atoms with Gasteiger partial charge in [0.15, 0.2) is 11.5 Å². The van der Waals surface area contributed by atoms with Crippen LogP contribution in [-0.2, 0) is 11.2 Å². The Hall–Kier alpha value is -3.03. The van der Waals surface area contributed by atoms with E-state index in [2.05, 4.69) is 20.7 Å². The van der Waals surface area contributed by atoms with Gasteiger partial charge in [-0.15, -0.1) is 0 Å². The highest BCUT2D eigenvalue weighted by Crippen LogP contribution is 2.38. The molecule has 1 aromatic heterocycles.